The minimum absolute atomic E-state index is 0.0700. The lowest BCUT2D eigenvalue weighted by Gasteiger charge is -2.34. The fourth-order valence-corrected chi connectivity index (χ4v) is 3.66. The maximum Gasteiger partial charge on any atom is 0.275 e. The second kappa shape index (κ2) is 5.73. The first kappa shape index (κ1) is 14.3. The summed E-state index contributed by atoms with van der Waals surface area (Å²) in [6.07, 6.45) is 4.98. The molecule has 1 fully saturated rings. The SMILES string of the molecule is O=c1ccnc2sc(NC(c3ccc(F)cc3)C3CCC3)nn12. The Bertz CT molecular complexity index is 885. The molecule has 5 nitrogen and oxygen atoms in total. The van der Waals surface area contributed by atoms with Crippen molar-refractivity contribution in [3.63, 3.8) is 0 Å². The molecule has 1 aromatic carbocycles. The lowest BCUT2D eigenvalue weighted by molar-refractivity contribution is 0.277. The number of halogens is 1. The van der Waals surface area contributed by atoms with Crippen molar-refractivity contribution in [3.05, 3.63) is 58.3 Å². The molecule has 1 unspecified atom stereocenters. The van der Waals surface area contributed by atoms with Gasteiger partial charge in [0.15, 0.2) is 0 Å². The first-order valence-electron chi connectivity index (χ1n) is 7.57. The second-order valence-corrected chi connectivity index (χ2v) is 6.71. The number of nitrogens with zero attached hydrogens (tertiary/aromatic N) is 3. The molecule has 0 radical (unpaired) electrons. The number of nitrogens with one attached hydrogen (secondary N) is 1. The number of anilines is 1. The first-order chi connectivity index (χ1) is 11.2. The van der Waals surface area contributed by atoms with Crippen molar-refractivity contribution in [3.8, 4) is 0 Å². The molecule has 1 atom stereocenters. The van der Waals surface area contributed by atoms with Gasteiger partial charge in [0.05, 0.1) is 6.04 Å². The van der Waals surface area contributed by atoms with Crippen LogP contribution in [-0.2, 0) is 0 Å². The van der Waals surface area contributed by atoms with Crippen LogP contribution in [0.1, 0.15) is 30.9 Å². The van der Waals surface area contributed by atoms with Crippen molar-refractivity contribution in [1.82, 2.24) is 14.6 Å². The van der Waals surface area contributed by atoms with Crippen LogP contribution in [-0.4, -0.2) is 14.6 Å². The van der Waals surface area contributed by atoms with Crippen LogP contribution in [0.25, 0.3) is 4.96 Å². The molecule has 4 rings (SSSR count). The van der Waals surface area contributed by atoms with Crippen LogP contribution in [0.5, 0.6) is 0 Å². The Morgan fingerprint density at radius 1 is 1.26 bits per heavy atom. The molecule has 0 aliphatic heterocycles. The molecule has 0 spiro atoms. The highest BCUT2D eigenvalue weighted by Crippen LogP contribution is 2.40. The summed E-state index contributed by atoms with van der Waals surface area (Å²) >= 11 is 1.35. The predicted molar refractivity (Wildman–Crippen MR) is 87.2 cm³/mol. The summed E-state index contributed by atoms with van der Waals surface area (Å²) in [7, 11) is 0. The zero-order valence-electron chi connectivity index (χ0n) is 12.3. The number of fused-ring (bicyclic) bond motifs is 1. The van der Waals surface area contributed by atoms with Crippen LogP contribution in [0.2, 0.25) is 0 Å². The molecule has 3 aromatic rings. The summed E-state index contributed by atoms with van der Waals surface area (Å²) in [6.45, 7) is 0. The van der Waals surface area contributed by atoms with Crippen LogP contribution in [0.4, 0.5) is 9.52 Å². The standard InChI is InChI=1S/C16H15FN4OS/c17-12-6-4-11(5-7-12)14(10-2-1-3-10)19-15-20-21-13(22)8-9-18-16(21)23-15/h4-10,14H,1-3H2,(H,19,20). The molecular weight excluding hydrogens is 315 g/mol. The Balaban J connectivity index is 1.67. The normalized spacial score (nSPS) is 16.2. The average Bonchev–Trinajstić information content (AvgIpc) is 2.90. The zero-order valence-corrected chi connectivity index (χ0v) is 13.1. The first-order valence-corrected chi connectivity index (χ1v) is 8.39. The highest BCUT2D eigenvalue weighted by Gasteiger charge is 2.29. The van der Waals surface area contributed by atoms with Gasteiger partial charge < -0.3 is 5.32 Å². The van der Waals surface area contributed by atoms with Crippen molar-refractivity contribution in [2.75, 3.05) is 5.32 Å². The largest absolute Gasteiger partial charge is 0.353 e. The van der Waals surface area contributed by atoms with Crippen molar-refractivity contribution >= 4 is 21.4 Å². The molecule has 2 aromatic heterocycles. The van der Waals surface area contributed by atoms with Gasteiger partial charge in [-0.05, 0) is 36.5 Å². The molecule has 0 saturated heterocycles. The number of hydrogen-bond acceptors (Lipinski definition) is 5. The molecule has 23 heavy (non-hydrogen) atoms. The maximum atomic E-state index is 13.2. The van der Waals surface area contributed by atoms with Gasteiger partial charge >= 0.3 is 0 Å². The van der Waals surface area contributed by atoms with Gasteiger partial charge in [-0.2, -0.15) is 4.52 Å². The fraction of sp³-hybridized carbons (Fsp3) is 0.312. The van der Waals surface area contributed by atoms with Gasteiger partial charge in [0, 0.05) is 12.3 Å². The van der Waals surface area contributed by atoms with Gasteiger partial charge in [-0.1, -0.05) is 29.9 Å². The summed E-state index contributed by atoms with van der Waals surface area (Å²) in [5.74, 6) is 0.258. The van der Waals surface area contributed by atoms with Crippen LogP contribution in [0.3, 0.4) is 0 Å². The lowest BCUT2D eigenvalue weighted by Crippen LogP contribution is -2.26. The minimum Gasteiger partial charge on any atom is -0.353 e. The molecule has 118 valence electrons. The van der Waals surface area contributed by atoms with Crippen LogP contribution in [0.15, 0.2) is 41.3 Å². The summed E-state index contributed by atoms with van der Waals surface area (Å²) in [6, 6.07) is 8.03. The van der Waals surface area contributed by atoms with E-state index in [4.69, 9.17) is 0 Å². The summed E-state index contributed by atoms with van der Waals surface area (Å²) in [5, 5.41) is 8.38. The topological polar surface area (TPSA) is 59.3 Å². The smallest absolute Gasteiger partial charge is 0.275 e. The molecule has 2 heterocycles. The van der Waals surface area contributed by atoms with E-state index < -0.39 is 0 Å². The molecule has 0 bridgehead atoms. The van der Waals surface area contributed by atoms with E-state index in [1.165, 1.54) is 46.7 Å². The number of hydrogen-bond donors (Lipinski definition) is 1. The van der Waals surface area contributed by atoms with Crippen molar-refractivity contribution in [2.45, 2.75) is 25.3 Å². The van der Waals surface area contributed by atoms with E-state index in [0.29, 0.717) is 16.0 Å². The highest BCUT2D eigenvalue weighted by molar-refractivity contribution is 7.20. The second-order valence-electron chi connectivity index (χ2n) is 5.75. The fourth-order valence-electron chi connectivity index (χ4n) is 2.85. The van der Waals surface area contributed by atoms with E-state index in [9.17, 15) is 9.18 Å². The van der Waals surface area contributed by atoms with Gasteiger partial charge in [0.2, 0.25) is 10.1 Å². The van der Waals surface area contributed by atoms with Crippen LogP contribution < -0.4 is 10.9 Å². The highest BCUT2D eigenvalue weighted by atomic mass is 32.1. The average molecular weight is 330 g/mol. The Hall–Kier alpha value is -2.28. The molecular formula is C16H15FN4OS. The Morgan fingerprint density at radius 2 is 2.04 bits per heavy atom. The molecule has 1 aliphatic carbocycles. The van der Waals surface area contributed by atoms with Crippen LogP contribution >= 0.6 is 11.3 Å². The van der Waals surface area contributed by atoms with Gasteiger partial charge in [-0.25, -0.2) is 9.37 Å². The van der Waals surface area contributed by atoms with Crippen molar-refractivity contribution < 1.29 is 4.39 Å². The third-order valence-corrected chi connectivity index (χ3v) is 5.15. The van der Waals surface area contributed by atoms with E-state index in [1.807, 2.05) is 12.1 Å². The molecule has 7 heteroatoms. The van der Waals surface area contributed by atoms with Crippen molar-refractivity contribution in [2.24, 2.45) is 5.92 Å². The third kappa shape index (κ3) is 2.72. The van der Waals surface area contributed by atoms with E-state index in [-0.39, 0.29) is 17.4 Å². The van der Waals surface area contributed by atoms with E-state index in [2.05, 4.69) is 15.4 Å². The molecule has 1 N–H and O–H groups in total. The van der Waals surface area contributed by atoms with Crippen molar-refractivity contribution in [1.29, 1.82) is 0 Å². The number of benzene rings is 1. The minimum atomic E-state index is -0.239. The number of rotatable bonds is 4. The number of aromatic nitrogens is 3. The van der Waals surface area contributed by atoms with Gasteiger partial charge in [-0.3, -0.25) is 4.79 Å². The van der Waals surface area contributed by atoms with Gasteiger partial charge in [0.1, 0.15) is 5.82 Å². The molecule has 1 saturated carbocycles. The lowest BCUT2D eigenvalue weighted by atomic mass is 9.77. The quantitative estimate of drug-likeness (QED) is 0.798. The van der Waals surface area contributed by atoms with Gasteiger partial charge in [-0.15, -0.1) is 5.10 Å². The monoisotopic (exact) mass is 330 g/mol. The maximum absolute atomic E-state index is 13.2. The summed E-state index contributed by atoms with van der Waals surface area (Å²) in [5.41, 5.74) is 0.844. The van der Waals surface area contributed by atoms with Gasteiger partial charge in [0.25, 0.3) is 5.56 Å². The molecule has 0 amide bonds. The summed E-state index contributed by atoms with van der Waals surface area (Å²) < 4.78 is 14.5. The van der Waals surface area contributed by atoms with E-state index in [0.717, 1.165) is 18.4 Å². The zero-order chi connectivity index (χ0) is 15.8. The molecule has 1 aliphatic rings. The Morgan fingerprint density at radius 3 is 2.70 bits per heavy atom. The Labute approximate surface area is 135 Å². The van der Waals surface area contributed by atoms with Crippen LogP contribution in [0, 0.1) is 11.7 Å². The van der Waals surface area contributed by atoms with E-state index in [1.54, 1.807) is 0 Å². The predicted octanol–water partition coefficient (Wildman–Crippen LogP) is 3.24. The van der Waals surface area contributed by atoms with E-state index >= 15 is 0 Å². The summed E-state index contributed by atoms with van der Waals surface area (Å²) in [4.78, 5) is 16.5. The Kier molecular flexibility index (Phi) is 3.57. The third-order valence-electron chi connectivity index (χ3n) is 4.30.